The quantitative estimate of drug-likeness (QED) is 0.857. The monoisotopic (exact) mass is 345 g/mol. The van der Waals surface area contributed by atoms with Crippen LogP contribution in [0.15, 0.2) is 47.3 Å². The second-order valence-corrected chi connectivity index (χ2v) is 7.43. The highest BCUT2D eigenvalue weighted by Crippen LogP contribution is 2.35. The third kappa shape index (κ3) is 3.11. The van der Waals surface area contributed by atoms with Crippen molar-refractivity contribution in [1.29, 1.82) is 5.26 Å². The molecule has 2 aliphatic rings. The van der Waals surface area contributed by atoms with Crippen molar-refractivity contribution < 1.29 is 0 Å². The molecule has 2 atom stereocenters. The van der Waals surface area contributed by atoms with E-state index in [0.717, 1.165) is 38.2 Å². The van der Waals surface area contributed by atoms with E-state index in [4.69, 9.17) is 5.26 Å². The maximum absolute atomic E-state index is 12.7. The van der Waals surface area contributed by atoms with Crippen LogP contribution in [0.25, 0.3) is 6.08 Å². The summed E-state index contributed by atoms with van der Waals surface area (Å²) in [6.45, 7) is 5.59. The van der Waals surface area contributed by atoms with Crippen LogP contribution in [0.5, 0.6) is 0 Å². The first kappa shape index (κ1) is 16.8. The van der Waals surface area contributed by atoms with Gasteiger partial charge in [0.05, 0.1) is 11.6 Å². The number of nitrogens with zero attached hydrogens (tertiary/aromatic N) is 3. The number of hydrogen-bond donors (Lipinski definition) is 0. The first-order valence-corrected chi connectivity index (χ1v) is 9.25. The summed E-state index contributed by atoms with van der Waals surface area (Å²) < 4.78 is 2.00. The molecule has 2 aromatic rings. The molecular formula is C22H23N3O. The predicted molar refractivity (Wildman–Crippen MR) is 103 cm³/mol. The van der Waals surface area contributed by atoms with Crippen LogP contribution < -0.4 is 5.56 Å². The summed E-state index contributed by atoms with van der Waals surface area (Å²) in [5.74, 6) is 0.924. The molecule has 26 heavy (non-hydrogen) atoms. The lowest BCUT2D eigenvalue weighted by Crippen LogP contribution is -2.47. The molecule has 1 aromatic heterocycles. The molecule has 0 unspecified atom stereocenters. The molecule has 4 rings (SSSR count). The van der Waals surface area contributed by atoms with Crippen LogP contribution in [0.3, 0.4) is 0 Å². The minimum Gasteiger partial charge on any atom is -0.311 e. The molecular weight excluding hydrogens is 322 g/mol. The number of fused-ring (bicyclic) bond motifs is 4. The van der Waals surface area contributed by atoms with Crippen molar-refractivity contribution in [2.45, 2.75) is 32.4 Å². The van der Waals surface area contributed by atoms with Crippen molar-refractivity contribution in [2.75, 3.05) is 13.1 Å². The maximum Gasteiger partial charge on any atom is 0.258 e. The largest absolute Gasteiger partial charge is 0.311 e. The molecule has 4 nitrogen and oxygen atoms in total. The SMILES string of the molecule is C/C=C/c1ccc2n(c1=O)C[C@H]1C[C@@H]2CN(Cc2cccc(C#N)c2)C1. The molecule has 132 valence electrons. The molecule has 2 aliphatic heterocycles. The molecule has 0 N–H and O–H groups in total. The van der Waals surface area contributed by atoms with Crippen LogP contribution >= 0.6 is 0 Å². The Bertz CT molecular complexity index is 951. The molecule has 0 aliphatic carbocycles. The topological polar surface area (TPSA) is 49.0 Å². The molecule has 4 heteroatoms. The Kier molecular flexibility index (Phi) is 4.48. The Balaban J connectivity index is 1.58. The molecule has 3 heterocycles. The fraction of sp³-hybridized carbons (Fsp3) is 0.364. The van der Waals surface area contributed by atoms with Gasteiger partial charge in [-0.2, -0.15) is 5.26 Å². The number of likely N-dealkylation sites (tertiary alicyclic amines) is 1. The van der Waals surface area contributed by atoms with Crippen molar-refractivity contribution >= 4 is 6.08 Å². The van der Waals surface area contributed by atoms with Crippen molar-refractivity contribution in [2.24, 2.45) is 5.92 Å². The summed E-state index contributed by atoms with van der Waals surface area (Å²) in [6.07, 6.45) is 4.98. The van der Waals surface area contributed by atoms with Gasteiger partial charge in [0.15, 0.2) is 0 Å². The zero-order valence-corrected chi connectivity index (χ0v) is 15.1. The van der Waals surface area contributed by atoms with E-state index < -0.39 is 0 Å². The standard InChI is InChI=1S/C22H23N3O/c1-2-4-19-7-8-21-20-10-18(14-25(21)22(19)26)13-24(15-20)12-17-6-3-5-16(9-17)11-23/h2-9,18,20H,10,12-15H2,1H3/b4-2+/t18-,20+/m0/s1. The number of piperidine rings is 1. The number of allylic oxidation sites excluding steroid dienone is 1. The number of hydrogen-bond acceptors (Lipinski definition) is 3. The van der Waals surface area contributed by atoms with Gasteiger partial charge in [-0.25, -0.2) is 0 Å². The highest BCUT2D eigenvalue weighted by molar-refractivity contribution is 5.48. The van der Waals surface area contributed by atoms with Crippen molar-refractivity contribution in [3.8, 4) is 6.07 Å². The molecule has 0 spiro atoms. The lowest BCUT2D eigenvalue weighted by Gasteiger charge is -2.43. The van der Waals surface area contributed by atoms with Gasteiger partial charge in [-0.15, -0.1) is 0 Å². The third-order valence-electron chi connectivity index (χ3n) is 5.52. The molecule has 0 radical (unpaired) electrons. The highest BCUT2D eigenvalue weighted by Gasteiger charge is 2.34. The summed E-state index contributed by atoms with van der Waals surface area (Å²) in [6, 6.07) is 14.2. The lowest BCUT2D eigenvalue weighted by molar-refractivity contribution is 0.114. The van der Waals surface area contributed by atoms with E-state index in [1.54, 1.807) is 0 Å². The van der Waals surface area contributed by atoms with Crippen LogP contribution in [0.2, 0.25) is 0 Å². The van der Waals surface area contributed by atoms with Gasteiger partial charge in [-0.05, 0) is 49.1 Å². The average Bonchev–Trinajstić information content (AvgIpc) is 2.65. The summed E-state index contributed by atoms with van der Waals surface area (Å²) in [5.41, 5.74) is 4.00. The van der Waals surface area contributed by atoms with E-state index in [-0.39, 0.29) is 5.56 Å². The van der Waals surface area contributed by atoms with E-state index in [2.05, 4.69) is 23.1 Å². The Morgan fingerprint density at radius 1 is 1.23 bits per heavy atom. The Labute approximate surface area is 154 Å². The predicted octanol–water partition coefficient (Wildman–Crippen LogP) is 3.37. The fourth-order valence-electron chi connectivity index (χ4n) is 4.49. The van der Waals surface area contributed by atoms with E-state index in [1.807, 2.05) is 47.9 Å². The van der Waals surface area contributed by atoms with Crippen LogP contribution in [0, 0.1) is 17.2 Å². The molecule has 1 saturated heterocycles. The maximum atomic E-state index is 12.7. The Hall–Kier alpha value is -2.64. The van der Waals surface area contributed by atoms with Crippen molar-refractivity contribution in [1.82, 2.24) is 9.47 Å². The average molecular weight is 345 g/mol. The minimum atomic E-state index is 0.144. The first-order chi connectivity index (χ1) is 12.7. The number of aromatic nitrogens is 1. The summed E-state index contributed by atoms with van der Waals surface area (Å²) in [5, 5.41) is 9.09. The van der Waals surface area contributed by atoms with Crippen LogP contribution in [-0.4, -0.2) is 22.6 Å². The van der Waals surface area contributed by atoms with Crippen molar-refractivity contribution in [3.63, 3.8) is 0 Å². The molecule has 1 aromatic carbocycles. The van der Waals surface area contributed by atoms with Crippen LogP contribution in [0.1, 0.15) is 41.6 Å². The van der Waals surface area contributed by atoms with Gasteiger partial charge in [0.1, 0.15) is 0 Å². The van der Waals surface area contributed by atoms with Gasteiger partial charge >= 0.3 is 0 Å². The fourth-order valence-corrected chi connectivity index (χ4v) is 4.49. The van der Waals surface area contributed by atoms with E-state index >= 15 is 0 Å². The first-order valence-electron chi connectivity index (χ1n) is 9.25. The zero-order chi connectivity index (χ0) is 18.1. The minimum absolute atomic E-state index is 0.144. The van der Waals surface area contributed by atoms with Gasteiger partial charge in [-0.3, -0.25) is 9.69 Å². The van der Waals surface area contributed by atoms with Crippen molar-refractivity contribution in [3.05, 3.63) is 75.2 Å². The Morgan fingerprint density at radius 3 is 2.92 bits per heavy atom. The molecule has 1 fully saturated rings. The summed E-state index contributed by atoms with van der Waals surface area (Å²) in [7, 11) is 0. The number of rotatable bonds is 3. The smallest absolute Gasteiger partial charge is 0.258 e. The van der Waals surface area contributed by atoms with E-state index in [0.29, 0.717) is 17.4 Å². The summed E-state index contributed by atoms with van der Waals surface area (Å²) >= 11 is 0. The van der Waals surface area contributed by atoms with E-state index in [9.17, 15) is 4.79 Å². The lowest BCUT2D eigenvalue weighted by atomic mass is 9.82. The number of nitriles is 1. The number of benzene rings is 1. The second kappa shape index (κ2) is 6.93. The number of pyridine rings is 1. The normalized spacial score (nSPS) is 22.2. The van der Waals surface area contributed by atoms with Gasteiger partial charge in [0.25, 0.3) is 5.56 Å². The highest BCUT2D eigenvalue weighted by atomic mass is 16.1. The zero-order valence-electron chi connectivity index (χ0n) is 15.1. The van der Waals surface area contributed by atoms with Gasteiger partial charge < -0.3 is 4.57 Å². The van der Waals surface area contributed by atoms with Gasteiger partial charge in [-0.1, -0.05) is 24.3 Å². The van der Waals surface area contributed by atoms with Crippen LogP contribution in [0.4, 0.5) is 0 Å². The molecule has 0 saturated carbocycles. The second-order valence-electron chi connectivity index (χ2n) is 7.43. The molecule has 2 bridgehead atoms. The van der Waals surface area contributed by atoms with Gasteiger partial charge in [0, 0.05) is 43.4 Å². The molecule has 0 amide bonds. The van der Waals surface area contributed by atoms with E-state index in [1.165, 1.54) is 11.3 Å². The summed E-state index contributed by atoms with van der Waals surface area (Å²) in [4.78, 5) is 15.2. The third-order valence-corrected chi connectivity index (χ3v) is 5.52. The van der Waals surface area contributed by atoms with Crippen LogP contribution in [-0.2, 0) is 13.1 Å². The van der Waals surface area contributed by atoms with Gasteiger partial charge in [0.2, 0.25) is 0 Å². The Morgan fingerprint density at radius 2 is 2.12 bits per heavy atom.